The van der Waals surface area contributed by atoms with E-state index in [4.69, 9.17) is 10.2 Å². The Balaban J connectivity index is 1.83. The molecule has 0 radical (unpaired) electrons. The number of carbonyl (C=O) groups excluding carboxylic acids is 1. The monoisotopic (exact) mass is 298 g/mol. The first kappa shape index (κ1) is 14.9. The van der Waals surface area contributed by atoms with E-state index < -0.39 is 6.04 Å². The van der Waals surface area contributed by atoms with Gasteiger partial charge in [0.15, 0.2) is 0 Å². The zero-order valence-electron chi connectivity index (χ0n) is 12.8. The number of likely N-dealkylation sites (tertiary alicyclic amines) is 1. The predicted molar refractivity (Wildman–Crippen MR) is 84.9 cm³/mol. The van der Waals surface area contributed by atoms with Gasteiger partial charge in [-0.25, -0.2) is 0 Å². The number of hydrogen-bond acceptors (Lipinski definition) is 3. The Morgan fingerprint density at radius 1 is 1.27 bits per heavy atom. The van der Waals surface area contributed by atoms with Crippen LogP contribution in [0.3, 0.4) is 0 Å². The lowest BCUT2D eigenvalue weighted by Crippen LogP contribution is -2.44. The number of piperidine rings is 1. The van der Waals surface area contributed by atoms with Crippen LogP contribution in [0.1, 0.15) is 43.2 Å². The summed E-state index contributed by atoms with van der Waals surface area (Å²) >= 11 is 0. The third kappa shape index (κ3) is 2.92. The van der Waals surface area contributed by atoms with Gasteiger partial charge in [-0.2, -0.15) is 0 Å². The second kappa shape index (κ2) is 6.36. The van der Waals surface area contributed by atoms with Gasteiger partial charge < -0.3 is 15.1 Å². The summed E-state index contributed by atoms with van der Waals surface area (Å²) in [4.78, 5) is 14.8. The van der Waals surface area contributed by atoms with Gasteiger partial charge in [-0.3, -0.25) is 4.79 Å². The molecular weight excluding hydrogens is 276 g/mol. The van der Waals surface area contributed by atoms with Crippen molar-refractivity contribution >= 4 is 5.91 Å². The fraction of sp³-hybridized carbons (Fsp3) is 0.389. The number of rotatable bonds is 3. The summed E-state index contributed by atoms with van der Waals surface area (Å²) in [6, 6.07) is 12.7. The summed E-state index contributed by atoms with van der Waals surface area (Å²) in [5, 5.41) is 0. The fourth-order valence-electron chi connectivity index (χ4n) is 3.14. The van der Waals surface area contributed by atoms with Crippen LogP contribution in [0, 0.1) is 5.92 Å². The van der Waals surface area contributed by atoms with E-state index in [9.17, 15) is 4.79 Å². The molecule has 116 valence electrons. The summed E-state index contributed by atoms with van der Waals surface area (Å²) in [6.07, 6.45) is 3.58. The number of nitrogens with two attached hydrogens (primary N) is 1. The minimum atomic E-state index is -0.618. The molecule has 1 saturated heterocycles. The first-order chi connectivity index (χ1) is 10.7. The third-order valence-corrected chi connectivity index (χ3v) is 4.44. The molecule has 4 heteroatoms. The van der Waals surface area contributed by atoms with E-state index >= 15 is 0 Å². The first-order valence-electron chi connectivity index (χ1n) is 7.81. The Labute approximate surface area is 130 Å². The van der Waals surface area contributed by atoms with E-state index in [0.717, 1.165) is 30.7 Å². The molecule has 1 aliphatic rings. The Kier molecular flexibility index (Phi) is 4.29. The Hall–Kier alpha value is -2.07. The van der Waals surface area contributed by atoms with Crippen molar-refractivity contribution in [1.29, 1.82) is 0 Å². The van der Waals surface area contributed by atoms with Crippen LogP contribution in [0.25, 0.3) is 0 Å². The van der Waals surface area contributed by atoms with Crippen LogP contribution in [0.5, 0.6) is 0 Å². The Morgan fingerprint density at radius 2 is 2.05 bits per heavy atom. The molecule has 3 rings (SSSR count). The van der Waals surface area contributed by atoms with Gasteiger partial charge >= 0.3 is 0 Å². The summed E-state index contributed by atoms with van der Waals surface area (Å²) in [5.74, 6) is 1.40. The third-order valence-electron chi connectivity index (χ3n) is 4.44. The van der Waals surface area contributed by atoms with E-state index in [-0.39, 0.29) is 11.9 Å². The van der Waals surface area contributed by atoms with Crippen molar-refractivity contribution in [3.63, 3.8) is 0 Å². The number of carbonyl (C=O) groups is 1. The molecule has 3 atom stereocenters. The number of nitrogens with zero attached hydrogens (tertiary/aromatic N) is 1. The molecule has 1 aromatic carbocycles. The highest BCUT2D eigenvalue weighted by atomic mass is 16.3. The Bertz CT molecular complexity index is 609. The SMILES string of the molecule is C[C@@H]1CCN(C(=O)[C@@H](N)c2ccccc2)[C@@H](c2ccco2)C1. The van der Waals surface area contributed by atoms with Crippen molar-refractivity contribution in [1.82, 2.24) is 4.90 Å². The highest BCUT2D eigenvalue weighted by molar-refractivity contribution is 5.83. The van der Waals surface area contributed by atoms with Crippen molar-refractivity contribution in [2.75, 3.05) is 6.54 Å². The smallest absolute Gasteiger partial charge is 0.244 e. The van der Waals surface area contributed by atoms with Crippen LogP contribution in [0.2, 0.25) is 0 Å². The highest BCUT2D eigenvalue weighted by Gasteiger charge is 2.35. The molecule has 2 heterocycles. The lowest BCUT2D eigenvalue weighted by molar-refractivity contribution is -0.137. The molecule has 1 aromatic heterocycles. The lowest BCUT2D eigenvalue weighted by Gasteiger charge is -2.38. The topological polar surface area (TPSA) is 59.5 Å². The molecule has 1 aliphatic heterocycles. The molecular formula is C18H22N2O2. The number of furan rings is 1. The van der Waals surface area contributed by atoms with Gasteiger partial charge in [0.25, 0.3) is 0 Å². The van der Waals surface area contributed by atoms with E-state index in [1.165, 1.54) is 0 Å². The van der Waals surface area contributed by atoms with Gasteiger partial charge in [0, 0.05) is 6.54 Å². The maximum absolute atomic E-state index is 12.9. The molecule has 2 N–H and O–H groups in total. The van der Waals surface area contributed by atoms with E-state index in [1.54, 1.807) is 6.26 Å². The molecule has 0 bridgehead atoms. The maximum Gasteiger partial charge on any atom is 0.244 e. The van der Waals surface area contributed by atoms with Crippen molar-refractivity contribution in [2.45, 2.75) is 31.8 Å². The van der Waals surface area contributed by atoms with Gasteiger partial charge in [0.2, 0.25) is 5.91 Å². The molecule has 0 saturated carbocycles. The van der Waals surface area contributed by atoms with Crippen LogP contribution < -0.4 is 5.73 Å². The molecule has 1 fully saturated rings. The molecule has 0 unspecified atom stereocenters. The zero-order valence-corrected chi connectivity index (χ0v) is 12.8. The summed E-state index contributed by atoms with van der Waals surface area (Å²) in [5.41, 5.74) is 7.05. The van der Waals surface area contributed by atoms with Gasteiger partial charge in [0.1, 0.15) is 11.8 Å². The van der Waals surface area contributed by atoms with Gasteiger partial charge in [-0.1, -0.05) is 37.3 Å². The molecule has 0 aliphatic carbocycles. The lowest BCUT2D eigenvalue weighted by atomic mass is 9.90. The van der Waals surface area contributed by atoms with E-state index in [1.807, 2.05) is 47.4 Å². The van der Waals surface area contributed by atoms with Crippen molar-refractivity contribution in [3.05, 3.63) is 60.1 Å². The minimum Gasteiger partial charge on any atom is -0.467 e. The first-order valence-corrected chi connectivity index (χ1v) is 7.81. The van der Waals surface area contributed by atoms with Crippen LogP contribution >= 0.6 is 0 Å². The summed E-state index contributed by atoms with van der Waals surface area (Å²) < 4.78 is 5.55. The number of hydrogen-bond donors (Lipinski definition) is 1. The van der Waals surface area contributed by atoms with Crippen molar-refractivity contribution < 1.29 is 9.21 Å². The fourth-order valence-corrected chi connectivity index (χ4v) is 3.14. The largest absolute Gasteiger partial charge is 0.467 e. The second-order valence-corrected chi connectivity index (χ2v) is 6.08. The standard InChI is InChI=1S/C18H22N2O2/c1-13-9-10-20(15(12-13)16-8-5-11-22-16)18(21)17(19)14-6-3-2-4-7-14/h2-8,11,13,15,17H,9-10,12,19H2,1H3/t13-,15-,17+/m1/s1. The number of benzene rings is 1. The number of amides is 1. The van der Waals surface area contributed by atoms with Crippen molar-refractivity contribution in [2.24, 2.45) is 11.7 Å². The molecule has 0 spiro atoms. The molecule has 4 nitrogen and oxygen atoms in total. The van der Waals surface area contributed by atoms with Crippen LogP contribution in [0.4, 0.5) is 0 Å². The quantitative estimate of drug-likeness (QED) is 0.946. The maximum atomic E-state index is 12.9. The van der Waals surface area contributed by atoms with E-state index in [2.05, 4.69) is 6.92 Å². The summed E-state index contributed by atoms with van der Waals surface area (Å²) in [7, 11) is 0. The van der Waals surface area contributed by atoms with E-state index in [0.29, 0.717) is 5.92 Å². The summed E-state index contributed by atoms with van der Waals surface area (Å²) in [6.45, 7) is 2.95. The molecule has 2 aromatic rings. The van der Waals surface area contributed by atoms with Gasteiger partial charge in [-0.15, -0.1) is 0 Å². The zero-order chi connectivity index (χ0) is 15.5. The van der Waals surface area contributed by atoms with Crippen LogP contribution in [0.15, 0.2) is 53.1 Å². The second-order valence-electron chi connectivity index (χ2n) is 6.08. The van der Waals surface area contributed by atoms with Crippen LogP contribution in [-0.2, 0) is 4.79 Å². The highest BCUT2D eigenvalue weighted by Crippen LogP contribution is 2.35. The van der Waals surface area contributed by atoms with Gasteiger partial charge in [-0.05, 0) is 36.5 Å². The molecule has 1 amide bonds. The average molecular weight is 298 g/mol. The van der Waals surface area contributed by atoms with Crippen molar-refractivity contribution in [3.8, 4) is 0 Å². The molecule has 22 heavy (non-hydrogen) atoms. The normalized spacial score (nSPS) is 23.3. The Morgan fingerprint density at radius 3 is 2.73 bits per heavy atom. The minimum absolute atomic E-state index is 0.0130. The van der Waals surface area contributed by atoms with Gasteiger partial charge in [0.05, 0.1) is 12.3 Å². The van der Waals surface area contributed by atoms with Crippen LogP contribution in [-0.4, -0.2) is 17.4 Å². The average Bonchev–Trinajstić information content (AvgIpc) is 3.08. The predicted octanol–water partition coefficient (Wildman–Crippen LogP) is 3.28.